The summed E-state index contributed by atoms with van der Waals surface area (Å²) in [4.78, 5) is 16.1. The van der Waals surface area contributed by atoms with Crippen molar-refractivity contribution in [3.63, 3.8) is 0 Å². The third-order valence-corrected chi connectivity index (χ3v) is 3.55. The molecule has 9 heteroatoms. The standard InChI is InChI=1S/C11H12N6O2S/c1-5-16-7(17-19-5)4-15-11-8(10(18)14-2)9(13)6(3-12)20-11/h15H,4,13H2,1-2H3,(H,14,18). The van der Waals surface area contributed by atoms with Crippen molar-refractivity contribution >= 4 is 27.9 Å². The van der Waals surface area contributed by atoms with Crippen molar-refractivity contribution in [1.82, 2.24) is 15.5 Å². The molecule has 0 atom stereocenters. The van der Waals surface area contributed by atoms with Crippen LogP contribution in [-0.2, 0) is 6.54 Å². The molecule has 0 unspecified atom stereocenters. The number of nitrogens with zero attached hydrogens (tertiary/aromatic N) is 3. The fourth-order valence-corrected chi connectivity index (χ4v) is 2.49. The summed E-state index contributed by atoms with van der Waals surface area (Å²) in [6.07, 6.45) is 0. The van der Waals surface area contributed by atoms with Gasteiger partial charge in [-0.05, 0) is 0 Å². The summed E-state index contributed by atoms with van der Waals surface area (Å²) in [7, 11) is 1.50. The second-order valence-corrected chi connectivity index (χ2v) is 4.84. The van der Waals surface area contributed by atoms with E-state index in [1.54, 1.807) is 6.92 Å². The van der Waals surface area contributed by atoms with E-state index >= 15 is 0 Å². The lowest BCUT2D eigenvalue weighted by Gasteiger charge is -2.04. The number of hydrogen-bond acceptors (Lipinski definition) is 8. The summed E-state index contributed by atoms with van der Waals surface area (Å²) in [6, 6.07) is 1.96. The summed E-state index contributed by atoms with van der Waals surface area (Å²) in [5.74, 6) is 0.555. The van der Waals surface area contributed by atoms with Crippen LogP contribution in [0.5, 0.6) is 0 Å². The monoisotopic (exact) mass is 292 g/mol. The van der Waals surface area contributed by atoms with E-state index in [-0.39, 0.29) is 28.6 Å². The first-order valence-corrected chi connectivity index (χ1v) is 6.46. The summed E-state index contributed by atoms with van der Waals surface area (Å²) >= 11 is 1.11. The Hall–Kier alpha value is -2.60. The highest BCUT2D eigenvalue weighted by atomic mass is 32.1. The Morgan fingerprint density at radius 2 is 2.35 bits per heavy atom. The van der Waals surface area contributed by atoms with Gasteiger partial charge in [0.2, 0.25) is 5.89 Å². The van der Waals surface area contributed by atoms with Crippen molar-refractivity contribution in [3.05, 3.63) is 22.2 Å². The minimum atomic E-state index is -0.355. The van der Waals surface area contributed by atoms with Gasteiger partial charge in [-0.25, -0.2) is 0 Å². The predicted octanol–water partition coefficient (Wildman–Crippen LogP) is 0.865. The maximum Gasteiger partial charge on any atom is 0.256 e. The van der Waals surface area contributed by atoms with E-state index in [9.17, 15) is 4.79 Å². The first-order valence-electron chi connectivity index (χ1n) is 5.64. The van der Waals surface area contributed by atoms with Crippen LogP contribution in [0.1, 0.15) is 27.0 Å². The van der Waals surface area contributed by atoms with Crippen LogP contribution in [0.2, 0.25) is 0 Å². The van der Waals surface area contributed by atoms with Crippen LogP contribution in [-0.4, -0.2) is 23.1 Å². The second kappa shape index (κ2) is 5.58. The molecule has 0 bridgehead atoms. The Balaban J connectivity index is 2.26. The van der Waals surface area contributed by atoms with Gasteiger partial charge in [-0.2, -0.15) is 10.2 Å². The Kier molecular flexibility index (Phi) is 3.86. The average molecular weight is 292 g/mol. The number of rotatable bonds is 4. The number of nitrogen functional groups attached to an aromatic ring is 1. The minimum Gasteiger partial charge on any atom is -0.396 e. The van der Waals surface area contributed by atoms with Crippen LogP contribution in [0.3, 0.4) is 0 Å². The third kappa shape index (κ3) is 2.55. The number of amides is 1. The molecule has 0 aliphatic heterocycles. The van der Waals surface area contributed by atoms with Gasteiger partial charge in [0.15, 0.2) is 5.82 Å². The molecule has 0 aliphatic rings. The molecule has 0 aliphatic carbocycles. The first kappa shape index (κ1) is 13.8. The van der Waals surface area contributed by atoms with Crippen molar-refractivity contribution in [1.29, 1.82) is 5.26 Å². The molecule has 0 saturated heterocycles. The average Bonchev–Trinajstić information content (AvgIpc) is 2.99. The number of thiophene rings is 1. The van der Waals surface area contributed by atoms with Crippen LogP contribution >= 0.6 is 11.3 Å². The zero-order valence-corrected chi connectivity index (χ0v) is 11.7. The van der Waals surface area contributed by atoms with Gasteiger partial charge < -0.3 is 20.9 Å². The molecule has 104 valence electrons. The molecule has 2 rings (SSSR count). The van der Waals surface area contributed by atoms with E-state index in [4.69, 9.17) is 15.5 Å². The van der Waals surface area contributed by atoms with Gasteiger partial charge in [0.1, 0.15) is 15.9 Å². The SMILES string of the molecule is CNC(=O)c1c(NCc2noc(C)n2)sc(C#N)c1N. The molecule has 2 aromatic heterocycles. The lowest BCUT2D eigenvalue weighted by atomic mass is 10.2. The number of carbonyl (C=O) groups excluding carboxylic acids is 1. The number of nitrogens with two attached hydrogens (primary N) is 1. The van der Waals surface area contributed by atoms with Crippen molar-refractivity contribution in [2.24, 2.45) is 0 Å². The molecule has 2 heterocycles. The van der Waals surface area contributed by atoms with E-state index in [1.807, 2.05) is 6.07 Å². The highest BCUT2D eigenvalue weighted by Crippen LogP contribution is 2.35. The van der Waals surface area contributed by atoms with E-state index < -0.39 is 0 Å². The number of carbonyl (C=O) groups is 1. The van der Waals surface area contributed by atoms with Crippen LogP contribution in [0.15, 0.2) is 4.52 Å². The fourth-order valence-electron chi connectivity index (χ4n) is 1.57. The molecule has 4 N–H and O–H groups in total. The van der Waals surface area contributed by atoms with Crippen LogP contribution in [0, 0.1) is 18.3 Å². The van der Waals surface area contributed by atoms with Gasteiger partial charge in [-0.1, -0.05) is 5.16 Å². The molecular formula is C11H12N6O2S. The normalized spacial score (nSPS) is 10.1. The van der Waals surface area contributed by atoms with Crippen molar-refractivity contribution < 1.29 is 9.32 Å². The quantitative estimate of drug-likeness (QED) is 0.762. The number of hydrogen-bond donors (Lipinski definition) is 3. The Morgan fingerprint density at radius 3 is 2.90 bits per heavy atom. The maximum absolute atomic E-state index is 11.8. The molecule has 20 heavy (non-hydrogen) atoms. The van der Waals surface area contributed by atoms with Gasteiger partial charge in [0.25, 0.3) is 5.91 Å². The van der Waals surface area contributed by atoms with Crippen LogP contribution in [0.4, 0.5) is 10.7 Å². The zero-order chi connectivity index (χ0) is 14.7. The highest BCUT2D eigenvalue weighted by Gasteiger charge is 2.21. The number of anilines is 2. The lowest BCUT2D eigenvalue weighted by molar-refractivity contribution is 0.0965. The molecule has 0 aromatic carbocycles. The van der Waals surface area contributed by atoms with Crippen LogP contribution in [0.25, 0.3) is 0 Å². The van der Waals surface area contributed by atoms with E-state index in [1.165, 1.54) is 7.05 Å². The Labute approximate surface area is 118 Å². The zero-order valence-electron chi connectivity index (χ0n) is 10.9. The summed E-state index contributed by atoms with van der Waals surface area (Å²) in [5.41, 5.74) is 6.23. The van der Waals surface area contributed by atoms with Gasteiger partial charge >= 0.3 is 0 Å². The number of nitriles is 1. The molecule has 2 aromatic rings. The summed E-state index contributed by atoms with van der Waals surface area (Å²) < 4.78 is 4.85. The minimum absolute atomic E-state index is 0.170. The molecule has 0 saturated carbocycles. The second-order valence-electron chi connectivity index (χ2n) is 3.82. The summed E-state index contributed by atoms with van der Waals surface area (Å²) in [5, 5.41) is 18.7. The number of aromatic nitrogens is 2. The van der Waals surface area contributed by atoms with E-state index in [0.29, 0.717) is 16.7 Å². The molecule has 0 spiro atoms. The van der Waals surface area contributed by atoms with Gasteiger partial charge in [-0.15, -0.1) is 11.3 Å². The van der Waals surface area contributed by atoms with Gasteiger partial charge in [0.05, 0.1) is 17.8 Å². The lowest BCUT2D eigenvalue weighted by Crippen LogP contribution is -2.20. The van der Waals surface area contributed by atoms with Crippen LogP contribution < -0.4 is 16.4 Å². The van der Waals surface area contributed by atoms with E-state index in [2.05, 4.69) is 20.8 Å². The topological polar surface area (TPSA) is 130 Å². The first-order chi connectivity index (χ1) is 9.56. The molecular weight excluding hydrogens is 280 g/mol. The Bertz CT molecular complexity index is 684. The van der Waals surface area contributed by atoms with E-state index in [0.717, 1.165) is 11.3 Å². The smallest absolute Gasteiger partial charge is 0.256 e. The van der Waals surface area contributed by atoms with Crippen molar-refractivity contribution in [3.8, 4) is 6.07 Å². The largest absolute Gasteiger partial charge is 0.396 e. The Morgan fingerprint density at radius 1 is 1.60 bits per heavy atom. The molecule has 0 radical (unpaired) electrons. The maximum atomic E-state index is 11.8. The third-order valence-electron chi connectivity index (χ3n) is 2.48. The fraction of sp³-hybridized carbons (Fsp3) is 0.273. The molecule has 8 nitrogen and oxygen atoms in total. The van der Waals surface area contributed by atoms with Crippen molar-refractivity contribution in [2.75, 3.05) is 18.1 Å². The predicted molar refractivity (Wildman–Crippen MR) is 73.2 cm³/mol. The number of nitrogens with one attached hydrogen (secondary N) is 2. The highest BCUT2D eigenvalue weighted by molar-refractivity contribution is 7.17. The summed E-state index contributed by atoms with van der Waals surface area (Å²) in [6.45, 7) is 1.95. The number of aryl methyl sites for hydroxylation is 1. The van der Waals surface area contributed by atoms with Crippen molar-refractivity contribution in [2.45, 2.75) is 13.5 Å². The van der Waals surface area contributed by atoms with Gasteiger partial charge in [0, 0.05) is 14.0 Å². The molecule has 1 amide bonds. The molecule has 0 fully saturated rings. The van der Waals surface area contributed by atoms with Gasteiger partial charge in [-0.3, -0.25) is 4.79 Å².